The van der Waals surface area contributed by atoms with Crippen LogP contribution in [-0.2, 0) is 64.4 Å². The zero-order valence-electron chi connectivity index (χ0n) is 56.5. The Morgan fingerprint density at radius 1 is 0.369 bits per heavy atom. The van der Waals surface area contributed by atoms with Crippen molar-refractivity contribution in [1.82, 2.24) is 26.6 Å². The molecule has 0 aromatic heterocycles. The molecule has 0 spiro atoms. The Labute approximate surface area is 594 Å². The van der Waals surface area contributed by atoms with Crippen molar-refractivity contribution < 1.29 is 87.6 Å². The van der Waals surface area contributed by atoms with Gasteiger partial charge < -0.3 is 82.8 Å². The van der Waals surface area contributed by atoms with Crippen LogP contribution in [0.5, 0.6) is 46.0 Å². The summed E-state index contributed by atoms with van der Waals surface area (Å²) in [6, 6.07) is 45.8. The zero-order valence-corrected chi connectivity index (χ0v) is 57.3. The Bertz CT molecular complexity index is 4280. The number of carbonyl (C=O) groups is 7. The minimum Gasteiger partial charge on any atom is -0.504 e. The summed E-state index contributed by atoms with van der Waals surface area (Å²) in [5.74, 6) is -2.95. The molecule has 0 radical (unpaired) electrons. The van der Waals surface area contributed by atoms with Crippen LogP contribution < -0.4 is 47.3 Å². The predicted octanol–water partition coefficient (Wildman–Crippen LogP) is 9.14. The number of urea groups is 1. The number of nitrogens with one attached hydrogen (secondary N) is 9. The molecule has 0 fully saturated rings. The molecule has 0 heterocycles. The molecule has 0 unspecified atom stereocenters. The van der Waals surface area contributed by atoms with Crippen LogP contribution >= 0.6 is 0 Å². The maximum atomic E-state index is 11.8. The SMILES string of the molecule is CC(=O)Nc1ccc(CCNC(=O)/C=C/c2ccc(O)c(O)c2)cc1.CNC(=O)Nc1ccc(CCNC(=O)/C=C/c2ccc(O)c(O)c2)cc1.COC(=O)Nc1ccc(CCNC(=O)/C=C/c2ccc(O)c(O)c2)cc1.CS(=O)(=O)Nc1ccc(CCNC(=O)/C=C/c2ccc(O)c(O)c2)cc1. The van der Waals surface area contributed by atoms with Crippen molar-refractivity contribution in [1.29, 1.82) is 0 Å². The van der Waals surface area contributed by atoms with Crippen molar-refractivity contribution in [2.24, 2.45) is 0 Å². The fraction of sp³-hybridized carbons (Fsp3) is 0.160. The fourth-order valence-electron chi connectivity index (χ4n) is 8.60. The summed E-state index contributed by atoms with van der Waals surface area (Å²) in [5, 5.41) is 95.9. The first-order chi connectivity index (χ1) is 49.1. The predicted molar refractivity (Wildman–Crippen MR) is 395 cm³/mol. The first-order valence-electron chi connectivity index (χ1n) is 31.5. The zero-order chi connectivity index (χ0) is 75.3. The Balaban J connectivity index is 0.000000247. The number of amides is 8. The van der Waals surface area contributed by atoms with Crippen molar-refractivity contribution in [2.45, 2.75) is 32.6 Å². The molecule has 0 bridgehead atoms. The maximum Gasteiger partial charge on any atom is 0.411 e. The molecule has 8 amide bonds. The van der Waals surface area contributed by atoms with Gasteiger partial charge in [-0.3, -0.25) is 34.0 Å². The summed E-state index contributed by atoms with van der Waals surface area (Å²) >= 11 is 0. The lowest BCUT2D eigenvalue weighted by Crippen LogP contribution is -2.24. The van der Waals surface area contributed by atoms with Gasteiger partial charge in [-0.15, -0.1) is 0 Å². The molecule has 0 aliphatic carbocycles. The minimum absolute atomic E-state index is 0.117. The van der Waals surface area contributed by atoms with Gasteiger partial charge in [-0.05, 0) is 192 Å². The molecular weight excluding hydrogens is 1350 g/mol. The van der Waals surface area contributed by atoms with Gasteiger partial charge in [-0.1, -0.05) is 72.8 Å². The smallest absolute Gasteiger partial charge is 0.411 e. The largest absolute Gasteiger partial charge is 0.504 e. The van der Waals surface area contributed by atoms with E-state index >= 15 is 0 Å². The third-order valence-electron chi connectivity index (χ3n) is 13.9. The van der Waals surface area contributed by atoms with Crippen LogP contribution in [0.1, 0.15) is 51.4 Å². The lowest BCUT2D eigenvalue weighted by Gasteiger charge is -2.06. The first kappa shape index (κ1) is 80.4. The number of carbonyl (C=O) groups excluding carboxylic acids is 7. The second kappa shape index (κ2) is 41.9. The Hall–Kier alpha value is -13.2. The highest BCUT2D eigenvalue weighted by Crippen LogP contribution is 2.28. The van der Waals surface area contributed by atoms with Gasteiger partial charge in [0.25, 0.3) is 0 Å². The fourth-order valence-corrected chi connectivity index (χ4v) is 9.17. The number of hydrogen-bond donors (Lipinski definition) is 17. The number of phenolic OH excluding ortho intramolecular Hbond substituents is 8. The van der Waals surface area contributed by atoms with E-state index in [0.29, 0.717) is 91.2 Å². The van der Waals surface area contributed by atoms with Gasteiger partial charge in [0.05, 0.1) is 13.4 Å². The molecule has 0 atom stereocenters. The molecule has 17 N–H and O–H groups in total. The topological polar surface area (TPSA) is 433 Å². The summed E-state index contributed by atoms with van der Waals surface area (Å²) in [7, 11) is -0.453. The lowest BCUT2D eigenvalue weighted by atomic mass is 10.1. The van der Waals surface area contributed by atoms with Crippen molar-refractivity contribution in [3.8, 4) is 46.0 Å². The number of aromatic hydroxyl groups is 8. The van der Waals surface area contributed by atoms with E-state index in [4.69, 9.17) is 0 Å². The van der Waals surface area contributed by atoms with Crippen LogP contribution in [0, 0.1) is 0 Å². The number of phenols is 8. The number of benzene rings is 8. The highest BCUT2D eigenvalue weighted by molar-refractivity contribution is 7.92. The lowest BCUT2D eigenvalue weighted by molar-refractivity contribution is -0.117. The highest BCUT2D eigenvalue weighted by atomic mass is 32.2. The van der Waals surface area contributed by atoms with E-state index in [1.807, 2.05) is 48.5 Å². The molecule has 8 rings (SSSR count). The van der Waals surface area contributed by atoms with E-state index in [1.54, 1.807) is 98.1 Å². The van der Waals surface area contributed by atoms with Crippen LogP contribution in [-0.4, -0.2) is 138 Å². The molecule has 0 saturated carbocycles. The second-order valence-corrected chi connectivity index (χ2v) is 23.9. The minimum atomic E-state index is -3.30. The summed E-state index contributed by atoms with van der Waals surface area (Å²) in [5.41, 5.74) is 8.98. The first-order valence-corrected chi connectivity index (χ1v) is 33.4. The molecule has 0 saturated heterocycles. The second-order valence-electron chi connectivity index (χ2n) is 22.2. The van der Waals surface area contributed by atoms with Gasteiger partial charge in [-0.25, -0.2) is 18.0 Å². The monoisotopic (exact) mass is 1430 g/mol. The van der Waals surface area contributed by atoms with Crippen LogP contribution in [0.3, 0.4) is 0 Å². The van der Waals surface area contributed by atoms with Gasteiger partial charge in [-0.2, -0.15) is 0 Å². The third-order valence-corrected chi connectivity index (χ3v) is 14.5. The molecule has 28 heteroatoms. The number of ether oxygens (including phenoxy) is 1. The summed E-state index contributed by atoms with van der Waals surface area (Å²) < 4.78 is 29.2. The summed E-state index contributed by atoms with van der Waals surface area (Å²) in [4.78, 5) is 80.4. The van der Waals surface area contributed by atoms with E-state index in [1.165, 1.54) is 92.9 Å². The molecule has 8 aromatic carbocycles. The van der Waals surface area contributed by atoms with Gasteiger partial charge >= 0.3 is 12.1 Å². The Morgan fingerprint density at radius 2 is 0.631 bits per heavy atom. The van der Waals surface area contributed by atoms with Gasteiger partial charge in [0.15, 0.2) is 46.0 Å². The average Bonchev–Trinajstić information content (AvgIpc) is 0.938. The van der Waals surface area contributed by atoms with Crippen LogP contribution in [0.25, 0.3) is 24.3 Å². The van der Waals surface area contributed by atoms with Gasteiger partial charge in [0, 0.05) is 87.2 Å². The van der Waals surface area contributed by atoms with E-state index < -0.39 is 16.1 Å². The number of hydrogen-bond acceptors (Lipinski definition) is 18. The molecule has 540 valence electrons. The van der Waals surface area contributed by atoms with E-state index in [-0.39, 0.29) is 81.6 Å². The number of rotatable bonds is 25. The van der Waals surface area contributed by atoms with Gasteiger partial charge in [0.2, 0.25) is 39.6 Å². The van der Waals surface area contributed by atoms with Crippen molar-refractivity contribution in [3.63, 3.8) is 0 Å². The average molecular weight is 1430 g/mol. The Kier molecular flexibility index (Phi) is 32.7. The van der Waals surface area contributed by atoms with Crippen molar-refractivity contribution in [2.75, 3.05) is 67.3 Å². The standard InChI is InChI=1S/C19H21N3O4.C19H20N2O5.C19H20N2O4.C18H20N2O5S/c1-20-19(26)22-15-6-2-13(3-7-15)10-11-21-18(25)9-5-14-4-8-16(23)17(24)12-14;1-26-19(25)21-15-6-2-13(3-7-15)10-11-20-18(24)9-5-14-4-8-16(22)17(23)12-14;1-13(22)21-16-6-2-14(3-7-16)10-11-20-19(25)9-5-15-4-8-17(23)18(24)12-15;1-26(24,25)20-15-6-2-13(3-7-15)10-11-19-18(23)9-5-14-4-8-16(21)17(22)12-14/h2-9,12,23-24H,10-11H2,1H3,(H,21,25)(H2,20,22,26);2-9,12,22-23H,10-11H2,1H3,(H,20,24)(H,21,25);2-9,12,23-24H,10-11H2,1H3,(H,20,25)(H,21,22);2-9,12,20-22H,10-11H2,1H3,(H,19,23)/b4*9-5+. The van der Waals surface area contributed by atoms with Gasteiger partial charge in [0.1, 0.15) is 0 Å². The molecule has 103 heavy (non-hydrogen) atoms. The highest BCUT2D eigenvalue weighted by Gasteiger charge is 2.08. The van der Waals surface area contributed by atoms with Crippen LogP contribution in [0.2, 0.25) is 0 Å². The summed E-state index contributed by atoms with van der Waals surface area (Å²) in [6.07, 6.45) is 14.7. The molecule has 0 aliphatic rings. The Morgan fingerprint density at radius 3 is 0.874 bits per heavy atom. The third kappa shape index (κ3) is 32.3. The van der Waals surface area contributed by atoms with E-state index in [0.717, 1.165) is 34.2 Å². The maximum absolute atomic E-state index is 11.8. The quantitative estimate of drug-likeness (QED) is 0.0187. The van der Waals surface area contributed by atoms with Crippen molar-refractivity contribution >= 4 is 98.7 Å². The molecule has 27 nitrogen and oxygen atoms in total. The van der Waals surface area contributed by atoms with E-state index in [9.17, 15) is 82.8 Å². The number of anilines is 4. The normalized spacial score (nSPS) is 10.8. The number of methoxy groups -OCH3 is 1. The molecular formula is C75H81N9O18S. The molecule has 0 aliphatic heterocycles. The van der Waals surface area contributed by atoms with E-state index in [2.05, 4.69) is 52.0 Å². The molecule has 8 aromatic rings. The van der Waals surface area contributed by atoms with Crippen molar-refractivity contribution in [3.05, 3.63) is 239 Å². The van der Waals surface area contributed by atoms with Crippen LogP contribution in [0.4, 0.5) is 32.3 Å². The summed E-state index contributed by atoms with van der Waals surface area (Å²) in [6.45, 7) is 3.27. The number of sulfonamides is 1. The van der Waals surface area contributed by atoms with Crippen LogP contribution in [0.15, 0.2) is 194 Å².